The van der Waals surface area contributed by atoms with Gasteiger partial charge in [-0.3, -0.25) is 4.68 Å². The second-order valence-electron chi connectivity index (χ2n) is 5.06. The van der Waals surface area contributed by atoms with E-state index in [1.54, 1.807) is 7.11 Å². The number of allylic oxidation sites excluding steroid dienone is 1. The van der Waals surface area contributed by atoms with Gasteiger partial charge in [0.1, 0.15) is 0 Å². The number of hydrogen-bond acceptors (Lipinski definition) is 3. The molecule has 1 aromatic heterocycles. The van der Waals surface area contributed by atoms with Gasteiger partial charge in [-0.2, -0.15) is 5.10 Å². The van der Waals surface area contributed by atoms with Crippen molar-refractivity contribution in [3.05, 3.63) is 29.1 Å². The first-order valence-electron chi connectivity index (χ1n) is 7.62. The molecule has 114 valence electrons. The van der Waals surface area contributed by atoms with Crippen molar-refractivity contribution in [2.45, 2.75) is 46.6 Å². The lowest BCUT2D eigenvalue weighted by atomic mass is 10.1. The van der Waals surface area contributed by atoms with Crippen LogP contribution in [0.25, 0.3) is 0 Å². The van der Waals surface area contributed by atoms with Crippen molar-refractivity contribution in [1.29, 1.82) is 0 Å². The Kier molecular flexibility index (Phi) is 8.23. The fraction of sp³-hybridized carbons (Fsp3) is 0.688. The molecule has 0 bridgehead atoms. The Balaban J connectivity index is 2.40. The summed E-state index contributed by atoms with van der Waals surface area (Å²) < 4.78 is 7.12. The number of hydrogen-bond donors (Lipinski definition) is 1. The summed E-state index contributed by atoms with van der Waals surface area (Å²) in [5.74, 6) is 0. The number of aromatic nitrogens is 2. The van der Waals surface area contributed by atoms with Crippen LogP contribution < -0.4 is 5.32 Å². The minimum Gasteiger partial charge on any atom is -0.383 e. The Morgan fingerprint density at radius 3 is 2.85 bits per heavy atom. The van der Waals surface area contributed by atoms with Gasteiger partial charge in [0.2, 0.25) is 0 Å². The van der Waals surface area contributed by atoms with E-state index < -0.39 is 0 Å². The van der Waals surface area contributed by atoms with E-state index in [2.05, 4.69) is 48.0 Å². The summed E-state index contributed by atoms with van der Waals surface area (Å²) in [7, 11) is 1.73. The first-order valence-corrected chi connectivity index (χ1v) is 7.62. The second kappa shape index (κ2) is 9.72. The van der Waals surface area contributed by atoms with Crippen LogP contribution in [0.15, 0.2) is 17.7 Å². The van der Waals surface area contributed by atoms with E-state index in [9.17, 15) is 0 Å². The van der Waals surface area contributed by atoms with Gasteiger partial charge in [-0.15, -0.1) is 0 Å². The van der Waals surface area contributed by atoms with Gasteiger partial charge in [-0.1, -0.05) is 18.6 Å². The normalized spacial score (nSPS) is 12.1. The molecule has 0 amide bonds. The van der Waals surface area contributed by atoms with Gasteiger partial charge >= 0.3 is 0 Å². The fourth-order valence-corrected chi connectivity index (χ4v) is 2.18. The van der Waals surface area contributed by atoms with Crippen molar-refractivity contribution in [2.24, 2.45) is 0 Å². The summed E-state index contributed by atoms with van der Waals surface area (Å²) in [6, 6.07) is 2.23. The van der Waals surface area contributed by atoms with Gasteiger partial charge in [0.15, 0.2) is 0 Å². The predicted octanol–water partition coefficient (Wildman–Crippen LogP) is 2.58. The van der Waals surface area contributed by atoms with Crippen LogP contribution in [0.3, 0.4) is 0 Å². The average molecular weight is 279 g/mol. The Morgan fingerprint density at radius 2 is 2.20 bits per heavy atom. The quantitative estimate of drug-likeness (QED) is 0.528. The van der Waals surface area contributed by atoms with Gasteiger partial charge in [0.05, 0.1) is 12.3 Å². The third-order valence-electron chi connectivity index (χ3n) is 3.33. The van der Waals surface area contributed by atoms with E-state index in [1.807, 2.05) is 0 Å². The highest BCUT2D eigenvalue weighted by atomic mass is 16.5. The first kappa shape index (κ1) is 16.9. The van der Waals surface area contributed by atoms with Crippen molar-refractivity contribution in [3.63, 3.8) is 0 Å². The number of rotatable bonds is 10. The molecule has 1 rings (SSSR count). The summed E-state index contributed by atoms with van der Waals surface area (Å²) in [5, 5.41) is 7.95. The van der Waals surface area contributed by atoms with Crippen LogP contribution in [-0.4, -0.2) is 36.6 Å². The third-order valence-corrected chi connectivity index (χ3v) is 3.33. The van der Waals surface area contributed by atoms with Gasteiger partial charge in [-0.25, -0.2) is 0 Å². The predicted molar refractivity (Wildman–Crippen MR) is 84.1 cm³/mol. The number of aryl methyl sites for hydroxylation is 2. The second-order valence-corrected chi connectivity index (χ2v) is 5.06. The van der Waals surface area contributed by atoms with E-state index in [-0.39, 0.29) is 0 Å². The maximum absolute atomic E-state index is 5.00. The number of nitrogens with one attached hydrogen (secondary N) is 1. The molecular formula is C16H29N3O. The minimum absolute atomic E-state index is 0.776. The maximum Gasteiger partial charge on any atom is 0.0624 e. The van der Waals surface area contributed by atoms with E-state index in [0.717, 1.165) is 45.5 Å². The van der Waals surface area contributed by atoms with Crippen LogP contribution in [-0.2, 0) is 24.1 Å². The molecule has 0 aliphatic heterocycles. The van der Waals surface area contributed by atoms with Crippen LogP contribution in [0.1, 0.15) is 38.6 Å². The zero-order valence-corrected chi connectivity index (χ0v) is 13.4. The Morgan fingerprint density at radius 1 is 1.40 bits per heavy atom. The lowest BCUT2D eigenvalue weighted by molar-refractivity contribution is 0.199. The van der Waals surface area contributed by atoms with E-state index in [4.69, 9.17) is 4.74 Å². The topological polar surface area (TPSA) is 39.1 Å². The first-order chi connectivity index (χ1) is 9.71. The summed E-state index contributed by atoms with van der Waals surface area (Å²) in [6.07, 6.45) is 5.39. The highest BCUT2D eigenvalue weighted by Crippen LogP contribution is 2.11. The van der Waals surface area contributed by atoms with Crippen LogP contribution in [0.2, 0.25) is 0 Å². The van der Waals surface area contributed by atoms with Gasteiger partial charge in [-0.05, 0) is 39.3 Å². The van der Waals surface area contributed by atoms with Crippen molar-refractivity contribution in [2.75, 3.05) is 26.8 Å². The molecule has 0 unspecified atom stereocenters. The van der Waals surface area contributed by atoms with Crippen molar-refractivity contribution in [3.8, 4) is 0 Å². The fourth-order valence-electron chi connectivity index (χ4n) is 2.18. The molecule has 4 nitrogen and oxygen atoms in total. The molecule has 20 heavy (non-hydrogen) atoms. The van der Waals surface area contributed by atoms with E-state index >= 15 is 0 Å². The highest BCUT2D eigenvalue weighted by Gasteiger charge is 2.05. The lowest BCUT2D eigenvalue weighted by Gasteiger charge is -2.05. The zero-order chi connectivity index (χ0) is 14.8. The lowest BCUT2D eigenvalue weighted by Crippen LogP contribution is -2.19. The maximum atomic E-state index is 5.00. The van der Waals surface area contributed by atoms with E-state index in [0.29, 0.717) is 0 Å². The number of ether oxygens (including phenoxy) is 1. The minimum atomic E-state index is 0.776. The molecule has 0 fully saturated rings. The molecule has 1 N–H and O–H groups in total. The van der Waals surface area contributed by atoms with Crippen molar-refractivity contribution >= 4 is 0 Å². The Labute approximate surface area is 123 Å². The molecule has 0 saturated heterocycles. The summed E-state index contributed by atoms with van der Waals surface area (Å²) in [6.45, 7) is 10.2. The molecular weight excluding hydrogens is 250 g/mol. The molecule has 0 aromatic carbocycles. The third kappa shape index (κ3) is 5.88. The van der Waals surface area contributed by atoms with Crippen LogP contribution in [0, 0.1) is 0 Å². The van der Waals surface area contributed by atoms with Gasteiger partial charge < -0.3 is 10.1 Å². The molecule has 0 atom stereocenters. The Hall–Kier alpha value is -1.13. The zero-order valence-electron chi connectivity index (χ0n) is 13.4. The molecule has 0 radical (unpaired) electrons. The molecule has 0 aliphatic carbocycles. The Bertz CT molecular complexity index is 410. The molecule has 4 heteroatoms. The van der Waals surface area contributed by atoms with Crippen LogP contribution >= 0.6 is 0 Å². The highest BCUT2D eigenvalue weighted by molar-refractivity contribution is 5.17. The van der Waals surface area contributed by atoms with Crippen molar-refractivity contribution < 1.29 is 4.74 Å². The molecule has 0 spiro atoms. The molecule has 0 aliphatic rings. The molecule has 1 heterocycles. The largest absolute Gasteiger partial charge is 0.383 e. The SMILES string of the molecule is CCc1cc(CC(C)=CCCNCCOC)n(CC)n1. The van der Waals surface area contributed by atoms with E-state index in [1.165, 1.54) is 17.0 Å². The van der Waals surface area contributed by atoms with Crippen molar-refractivity contribution in [1.82, 2.24) is 15.1 Å². The number of nitrogens with zero attached hydrogens (tertiary/aromatic N) is 2. The molecule has 0 saturated carbocycles. The van der Waals surface area contributed by atoms with Crippen LogP contribution in [0.4, 0.5) is 0 Å². The summed E-state index contributed by atoms with van der Waals surface area (Å²) >= 11 is 0. The van der Waals surface area contributed by atoms with Crippen LogP contribution in [0.5, 0.6) is 0 Å². The monoisotopic (exact) mass is 279 g/mol. The van der Waals surface area contributed by atoms with Gasteiger partial charge in [0, 0.05) is 32.3 Å². The molecule has 1 aromatic rings. The summed E-state index contributed by atoms with van der Waals surface area (Å²) in [5.41, 5.74) is 3.93. The number of methoxy groups -OCH3 is 1. The van der Waals surface area contributed by atoms with Gasteiger partial charge in [0.25, 0.3) is 0 Å². The summed E-state index contributed by atoms with van der Waals surface area (Å²) in [4.78, 5) is 0. The average Bonchev–Trinajstić information content (AvgIpc) is 2.84. The standard InChI is InChI=1S/C16H29N3O/c1-5-15-13-16(19(6-2)18-15)12-14(3)8-7-9-17-10-11-20-4/h8,13,17H,5-7,9-12H2,1-4H3. The smallest absolute Gasteiger partial charge is 0.0624 e.